The summed E-state index contributed by atoms with van der Waals surface area (Å²) in [7, 11) is 0. The summed E-state index contributed by atoms with van der Waals surface area (Å²) in [5, 5.41) is 9.78. The number of hydrogen-bond donors (Lipinski definition) is 1. The first-order valence-electron chi connectivity index (χ1n) is 5.50. The maximum Gasteiger partial charge on any atom is 0.126 e. The Balaban J connectivity index is 1.74. The summed E-state index contributed by atoms with van der Waals surface area (Å²) in [5.74, 6) is 1.02. The predicted octanol–water partition coefficient (Wildman–Crippen LogP) is 1.11. The number of epoxide rings is 2. The van der Waals surface area contributed by atoms with Crippen molar-refractivity contribution in [3.8, 4) is 11.5 Å². The van der Waals surface area contributed by atoms with Crippen LogP contribution in [-0.4, -0.2) is 37.1 Å². The minimum Gasteiger partial charge on any atom is -0.508 e. The van der Waals surface area contributed by atoms with Gasteiger partial charge in [0.15, 0.2) is 0 Å². The van der Waals surface area contributed by atoms with Crippen molar-refractivity contribution >= 4 is 0 Å². The van der Waals surface area contributed by atoms with Gasteiger partial charge in [0, 0.05) is 12.0 Å². The Morgan fingerprint density at radius 2 is 2.00 bits per heavy atom. The van der Waals surface area contributed by atoms with E-state index in [2.05, 4.69) is 0 Å². The lowest BCUT2D eigenvalue weighted by molar-refractivity contribution is 0.259. The number of aromatic hydroxyl groups is 1. The molecule has 0 bridgehead atoms. The van der Waals surface area contributed by atoms with E-state index in [1.54, 1.807) is 12.1 Å². The smallest absolute Gasteiger partial charge is 0.126 e. The molecule has 4 nitrogen and oxygen atoms in total. The zero-order valence-corrected chi connectivity index (χ0v) is 8.89. The van der Waals surface area contributed by atoms with Crippen molar-refractivity contribution in [1.29, 1.82) is 0 Å². The molecule has 4 heteroatoms. The second-order valence-electron chi connectivity index (χ2n) is 4.18. The van der Waals surface area contributed by atoms with Gasteiger partial charge in [0.25, 0.3) is 0 Å². The molecule has 1 N–H and O–H groups in total. The van der Waals surface area contributed by atoms with Crippen LogP contribution in [0.1, 0.15) is 5.56 Å². The molecule has 0 aliphatic carbocycles. The van der Waals surface area contributed by atoms with E-state index in [0.717, 1.165) is 24.5 Å². The van der Waals surface area contributed by atoms with Crippen LogP contribution in [0.2, 0.25) is 0 Å². The molecule has 0 amide bonds. The molecule has 86 valence electrons. The van der Waals surface area contributed by atoms with Gasteiger partial charge < -0.3 is 19.3 Å². The van der Waals surface area contributed by atoms with E-state index in [4.69, 9.17) is 14.2 Å². The van der Waals surface area contributed by atoms with Crippen LogP contribution in [0.4, 0.5) is 0 Å². The van der Waals surface area contributed by atoms with Crippen LogP contribution in [-0.2, 0) is 15.9 Å². The maximum absolute atomic E-state index is 9.78. The molecule has 1 aromatic carbocycles. The zero-order valence-electron chi connectivity index (χ0n) is 8.89. The van der Waals surface area contributed by atoms with Crippen molar-refractivity contribution in [2.45, 2.75) is 18.6 Å². The maximum atomic E-state index is 9.78. The molecular weight excluding hydrogens is 208 g/mol. The average molecular weight is 222 g/mol. The van der Waals surface area contributed by atoms with Crippen molar-refractivity contribution in [2.75, 3.05) is 19.8 Å². The summed E-state index contributed by atoms with van der Waals surface area (Å²) in [5.41, 5.74) is 0.839. The van der Waals surface area contributed by atoms with Crippen LogP contribution in [0.15, 0.2) is 18.2 Å². The minimum absolute atomic E-state index is 0.229. The molecule has 2 fully saturated rings. The molecule has 2 atom stereocenters. The van der Waals surface area contributed by atoms with E-state index in [1.165, 1.54) is 0 Å². The number of hydrogen-bond acceptors (Lipinski definition) is 4. The summed E-state index contributed by atoms with van der Waals surface area (Å²) in [4.78, 5) is 0. The van der Waals surface area contributed by atoms with Crippen molar-refractivity contribution in [3.63, 3.8) is 0 Å². The summed E-state index contributed by atoms with van der Waals surface area (Å²) < 4.78 is 15.9. The number of benzene rings is 1. The van der Waals surface area contributed by atoms with E-state index in [9.17, 15) is 5.11 Å². The van der Waals surface area contributed by atoms with Gasteiger partial charge in [-0.05, 0) is 12.1 Å². The van der Waals surface area contributed by atoms with Crippen LogP contribution in [0.25, 0.3) is 0 Å². The second kappa shape index (κ2) is 3.96. The quantitative estimate of drug-likeness (QED) is 0.758. The van der Waals surface area contributed by atoms with Gasteiger partial charge in [0.2, 0.25) is 0 Å². The summed E-state index contributed by atoms with van der Waals surface area (Å²) in [6.45, 7) is 2.11. The lowest BCUT2D eigenvalue weighted by Crippen LogP contribution is -2.07. The molecule has 2 unspecified atom stereocenters. The van der Waals surface area contributed by atoms with Gasteiger partial charge in [0.05, 0.1) is 19.3 Å². The first-order chi connectivity index (χ1) is 7.83. The van der Waals surface area contributed by atoms with E-state index >= 15 is 0 Å². The normalized spacial score (nSPS) is 26.5. The fourth-order valence-electron chi connectivity index (χ4n) is 1.66. The highest BCUT2D eigenvalue weighted by Gasteiger charge is 2.27. The highest BCUT2D eigenvalue weighted by atomic mass is 16.6. The van der Waals surface area contributed by atoms with Gasteiger partial charge in [0.1, 0.15) is 24.2 Å². The minimum atomic E-state index is 0.229. The Bertz CT molecular complexity index is 383. The Labute approximate surface area is 93.7 Å². The largest absolute Gasteiger partial charge is 0.508 e. The molecule has 0 saturated carbocycles. The third kappa shape index (κ3) is 2.28. The molecule has 2 heterocycles. The number of ether oxygens (including phenoxy) is 3. The van der Waals surface area contributed by atoms with Gasteiger partial charge in [-0.1, -0.05) is 6.07 Å². The fraction of sp³-hybridized carbons (Fsp3) is 0.500. The summed E-state index contributed by atoms with van der Waals surface area (Å²) in [6.07, 6.45) is 1.19. The molecular formula is C12H14O4. The molecule has 2 aliphatic heterocycles. The van der Waals surface area contributed by atoms with Crippen LogP contribution in [0.5, 0.6) is 11.5 Å². The Kier molecular flexibility index (Phi) is 2.46. The molecule has 3 rings (SSSR count). The molecule has 2 aliphatic rings. The van der Waals surface area contributed by atoms with Crippen LogP contribution < -0.4 is 4.74 Å². The average Bonchev–Trinajstić information content (AvgIpc) is 3.14. The molecule has 1 aromatic rings. The lowest BCUT2D eigenvalue weighted by Gasteiger charge is -2.11. The molecule has 0 radical (unpaired) electrons. The second-order valence-corrected chi connectivity index (χ2v) is 4.18. The van der Waals surface area contributed by atoms with Gasteiger partial charge in [-0.15, -0.1) is 0 Å². The number of phenolic OH excluding ortho intramolecular Hbond substituents is 1. The Morgan fingerprint density at radius 1 is 1.25 bits per heavy atom. The van der Waals surface area contributed by atoms with Gasteiger partial charge >= 0.3 is 0 Å². The van der Waals surface area contributed by atoms with E-state index in [1.807, 2.05) is 6.07 Å². The summed E-state index contributed by atoms with van der Waals surface area (Å²) in [6, 6.07) is 5.34. The SMILES string of the molecule is Oc1cccc(OCC2CO2)c1CC1CO1. The highest BCUT2D eigenvalue weighted by Crippen LogP contribution is 2.32. The van der Waals surface area contributed by atoms with Gasteiger partial charge in [-0.25, -0.2) is 0 Å². The van der Waals surface area contributed by atoms with Crippen LogP contribution in [0, 0.1) is 0 Å². The van der Waals surface area contributed by atoms with Crippen molar-refractivity contribution in [3.05, 3.63) is 23.8 Å². The van der Waals surface area contributed by atoms with Crippen LogP contribution in [0.3, 0.4) is 0 Å². The third-order valence-electron chi connectivity index (χ3n) is 2.77. The van der Waals surface area contributed by atoms with Crippen LogP contribution >= 0.6 is 0 Å². The van der Waals surface area contributed by atoms with Crippen molar-refractivity contribution in [1.82, 2.24) is 0 Å². The summed E-state index contributed by atoms with van der Waals surface area (Å²) >= 11 is 0. The Hall–Kier alpha value is -1.26. The van der Waals surface area contributed by atoms with E-state index in [-0.39, 0.29) is 18.0 Å². The monoisotopic (exact) mass is 222 g/mol. The molecule has 0 spiro atoms. The Morgan fingerprint density at radius 3 is 2.69 bits per heavy atom. The van der Waals surface area contributed by atoms with Gasteiger partial charge in [-0.3, -0.25) is 0 Å². The number of phenols is 1. The lowest BCUT2D eigenvalue weighted by atomic mass is 10.1. The van der Waals surface area contributed by atoms with E-state index < -0.39 is 0 Å². The molecule has 16 heavy (non-hydrogen) atoms. The third-order valence-corrected chi connectivity index (χ3v) is 2.77. The van der Waals surface area contributed by atoms with Gasteiger partial charge in [-0.2, -0.15) is 0 Å². The first-order valence-corrected chi connectivity index (χ1v) is 5.50. The topological polar surface area (TPSA) is 54.5 Å². The van der Waals surface area contributed by atoms with Crippen molar-refractivity contribution in [2.24, 2.45) is 0 Å². The molecule has 0 aromatic heterocycles. The van der Waals surface area contributed by atoms with E-state index in [0.29, 0.717) is 13.0 Å². The first kappa shape index (κ1) is 9.93. The highest BCUT2D eigenvalue weighted by molar-refractivity contribution is 5.44. The zero-order chi connectivity index (χ0) is 11.0. The predicted molar refractivity (Wildman–Crippen MR) is 56.8 cm³/mol. The fourth-order valence-corrected chi connectivity index (χ4v) is 1.66. The molecule has 2 saturated heterocycles. The standard InChI is InChI=1S/C12H14O4/c13-11-2-1-3-12(16-7-9-6-15-9)10(11)4-8-5-14-8/h1-3,8-9,13H,4-7H2. The number of rotatable bonds is 5. The van der Waals surface area contributed by atoms with Crippen molar-refractivity contribution < 1.29 is 19.3 Å².